The zero-order valence-electron chi connectivity index (χ0n) is 14.3. The minimum absolute atomic E-state index is 0.0806. The largest absolute Gasteiger partial charge is 0.342 e. The molecule has 0 spiro atoms. The third-order valence-electron chi connectivity index (χ3n) is 4.85. The van der Waals surface area contributed by atoms with Crippen LogP contribution in [0.2, 0.25) is 0 Å². The fraction of sp³-hybridized carbons (Fsp3) is 0.706. The average Bonchev–Trinajstić information content (AvgIpc) is 3.25. The second-order valence-electron chi connectivity index (χ2n) is 6.62. The van der Waals surface area contributed by atoms with E-state index in [4.69, 9.17) is 0 Å². The molecule has 25 heavy (non-hydrogen) atoms. The predicted octanol–water partition coefficient (Wildman–Crippen LogP) is 4.15. The summed E-state index contributed by atoms with van der Waals surface area (Å²) in [6.07, 6.45) is 5.56. The summed E-state index contributed by atoms with van der Waals surface area (Å²) in [5, 5.41) is 2.23. The Kier molecular flexibility index (Phi) is 7.17. The molecule has 0 aromatic carbocycles. The van der Waals surface area contributed by atoms with Gasteiger partial charge in [-0.3, -0.25) is 4.79 Å². The van der Waals surface area contributed by atoms with Crippen molar-refractivity contribution in [2.45, 2.75) is 49.0 Å². The van der Waals surface area contributed by atoms with Crippen molar-refractivity contribution in [1.29, 1.82) is 0 Å². The number of sulfone groups is 1. The molecule has 4 nitrogen and oxygen atoms in total. The predicted molar refractivity (Wildman–Crippen MR) is 109 cm³/mol. The summed E-state index contributed by atoms with van der Waals surface area (Å²) < 4.78 is 25.1. The van der Waals surface area contributed by atoms with Gasteiger partial charge in [-0.2, -0.15) is 0 Å². The number of hydrogen-bond acceptors (Lipinski definition) is 6. The number of unbranched alkanes of at least 4 members (excludes halogenated alkanes) is 1. The van der Waals surface area contributed by atoms with Crippen molar-refractivity contribution in [2.75, 3.05) is 24.6 Å². The number of amides is 1. The Hall–Kier alpha value is -0.180. The van der Waals surface area contributed by atoms with Crippen molar-refractivity contribution >= 4 is 48.7 Å². The molecular formula is C17H25NO3S4. The van der Waals surface area contributed by atoms with Crippen LogP contribution >= 0.6 is 32.9 Å². The van der Waals surface area contributed by atoms with Crippen molar-refractivity contribution < 1.29 is 13.2 Å². The van der Waals surface area contributed by atoms with Crippen molar-refractivity contribution in [2.24, 2.45) is 0 Å². The molecule has 0 bridgehead atoms. The molecule has 2 atom stereocenters. The van der Waals surface area contributed by atoms with E-state index >= 15 is 0 Å². The molecule has 3 heterocycles. The number of thiophene rings is 1. The van der Waals surface area contributed by atoms with Crippen molar-refractivity contribution in [3.05, 3.63) is 22.4 Å². The van der Waals surface area contributed by atoms with Gasteiger partial charge in [-0.1, -0.05) is 34.1 Å². The topological polar surface area (TPSA) is 54.5 Å². The molecule has 1 aromatic heterocycles. The van der Waals surface area contributed by atoms with Gasteiger partial charge in [-0.25, -0.2) is 8.42 Å². The molecule has 2 fully saturated rings. The molecule has 3 rings (SSSR count). The van der Waals surface area contributed by atoms with E-state index in [-0.39, 0.29) is 11.7 Å². The molecule has 0 N–H and O–H groups in total. The summed E-state index contributed by atoms with van der Waals surface area (Å²) in [6.45, 7) is 0.897. The molecular weight excluding hydrogens is 394 g/mol. The maximum Gasteiger partial charge on any atom is 0.222 e. The highest BCUT2D eigenvalue weighted by molar-refractivity contribution is 8.77. The molecule has 1 amide bonds. The Labute approximate surface area is 162 Å². The summed E-state index contributed by atoms with van der Waals surface area (Å²) >= 11 is 1.49. The van der Waals surface area contributed by atoms with Crippen molar-refractivity contribution in [3.63, 3.8) is 0 Å². The van der Waals surface area contributed by atoms with Crippen LogP contribution in [-0.2, 0) is 14.6 Å². The number of carbonyl (C=O) groups is 1. The Morgan fingerprint density at radius 1 is 1.24 bits per heavy atom. The van der Waals surface area contributed by atoms with Gasteiger partial charge in [0.2, 0.25) is 5.91 Å². The van der Waals surface area contributed by atoms with E-state index in [1.54, 1.807) is 4.90 Å². The Balaban J connectivity index is 1.47. The van der Waals surface area contributed by atoms with E-state index in [2.05, 4.69) is 0 Å². The van der Waals surface area contributed by atoms with Gasteiger partial charge in [0.05, 0.1) is 11.0 Å². The number of rotatable bonds is 6. The van der Waals surface area contributed by atoms with Gasteiger partial charge < -0.3 is 4.90 Å². The minimum atomic E-state index is -3.17. The molecule has 0 saturated carbocycles. The summed E-state index contributed by atoms with van der Waals surface area (Å²) in [4.78, 5) is 15.1. The molecule has 140 valence electrons. The van der Waals surface area contributed by atoms with Gasteiger partial charge in [0.25, 0.3) is 0 Å². The molecule has 0 unspecified atom stereocenters. The smallest absolute Gasteiger partial charge is 0.222 e. The van der Waals surface area contributed by atoms with Gasteiger partial charge in [-0.05, 0) is 37.1 Å². The number of carbonyl (C=O) groups excluding carboxylic acids is 1. The first kappa shape index (κ1) is 19.6. The number of nitrogens with zero attached hydrogens (tertiary/aromatic N) is 1. The molecule has 8 heteroatoms. The molecule has 2 aliphatic rings. The first-order valence-corrected chi connectivity index (χ1v) is 13.8. The maximum absolute atomic E-state index is 12.5. The van der Waals surface area contributed by atoms with E-state index in [1.165, 1.54) is 29.9 Å². The van der Waals surface area contributed by atoms with E-state index in [1.807, 2.05) is 39.1 Å². The van der Waals surface area contributed by atoms with Crippen LogP contribution in [0, 0.1) is 0 Å². The van der Waals surface area contributed by atoms with Crippen molar-refractivity contribution in [3.8, 4) is 0 Å². The zero-order valence-corrected chi connectivity index (χ0v) is 17.5. The summed E-state index contributed by atoms with van der Waals surface area (Å²) in [6, 6.07) is 3.79. The van der Waals surface area contributed by atoms with E-state index in [0.717, 1.165) is 23.0 Å². The van der Waals surface area contributed by atoms with E-state index in [9.17, 15) is 13.2 Å². The molecule has 1 aromatic rings. The Morgan fingerprint density at radius 3 is 2.84 bits per heavy atom. The quantitative estimate of drug-likeness (QED) is 0.512. The first-order chi connectivity index (χ1) is 12.1. The molecule has 2 saturated heterocycles. The SMILES string of the molecule is O=C(CCCC[C@H]1CCSS1)N1CC[C@@H](c2cccs2)S(=O)(=O)CC1. The summed E-state index contributed by atoms with van der Waals surface area (Å²) in [5.41, 5.74) is 0. The van der Waals surface area contributed by atoms with E-state index in [0.29, 0.717) is 25.9 Å². The third kappa shape index (κ3) is 5.40. The maximum atomic E-state index is 12.5. The molecule has 2 aliphatic heterocycles. The van der Waals surface area contributed by atoms with Gasteiger partial charge in [0, 0.05) is 35.4 Å². The van der Waals surface area contributed by atoms with Gasteiger partial charge in [0.1, 0.15) is 0 Å². The second kappa shape index (κ2) is 9.15. The zero-order chi connectivity index (χ0) is 17.7. The summed E-state index contributed by atoms with van der Waals surface area (Å²) in [7, 11) is 0.768. The molecule has 0 radical (unpaired) electrons. The molecule has 0 aliphatic carbocycles. The number of hydrogen-bond donors (Lipinski definition) is 0. The highest BCUT2D eigenvalue weighted by Crippen LogP contribution is 2.40. The lowest BCUT2D eigenvalue weighted by atomic mass is 10.1. The van der Waals surface area contributed by atoms with Crippen LogP contribution in [0.4, 0.5) is 0 Å². The third-order valence-corrected chi connectivity index (χ3v) is 11.1. The summed E-state index contributed by atoms with van der Waals surface area (Å²) in [5.74, 6) is 1.45. The van der Waals surface area contributed by atoms with E-state index < -0.39 is 15.1 Å². The highest BCUT2D eigenvalue weighted by Gasteiger charge is 2.33. The van der Waals surface area contributed by atoms with Crippen LogP contribution in [0.5, 0.6) is 0 Å². The lowest BCUT2D eigenvalue weighted by molar-refractivity contribution is -0.131. The standard InChI is InChI=1S/C17H25NO3S4/c19-17(6-2-1-4-14-8-12-23-24-14)18-9-7-16(15-5-3-11-22-15)25(20,21)13-10-18/h3,5,11,14,16H,1-2,4,6-10,12-13H2/t14-,16-/m0/s1. The van der Waals surface area contributed by atoms with Crippen LogP contribution in [0.15, 0.2) is 17.5 Å². The fourth-order valence-corrected chi connectivity index (χ4v) is 9.39. The Bertz CT molecular complexity index is 653. The minimum Gasteiger partial charge on any atom is -0.342 e. The van der Waals surface area contributed by atoms with Crippen LogP contribution < -0.4 is 0 Å². The van der Waals surface area contributed by atoms with Crippen LogP contribution in [0.3, 0.4) is 0 Å². The fourth-order valence-electron chi connectivity index (χ4n) is 3.36. The Morgan fingerprint density at radius 2 is 2.12 bits per heavy atom. The van der Waals surface area contributed by atoms with Crippen LogP contribution in [0.1, 0.15) is 48.7 Å². The lowest BCUT2D eigenvalue weighted by Gasteiger charge is -2.20. The van der Waals surface area contributed by atoms with Crippen LogP contribution in [-0.4, -0.2) is 49.1 Å². The first-order valence-electron chi connectivity index (χ1n) is 8.87. The van der Waals surface area contributed by atoms with Crippen molar-refractivity contribution in [1.82, 2.24) is 4.90 Å². The van der Waals surface area contributed by atoms with Gasteiger partial charge >= 0.3 is 0 Å². The lowest BCUT2D eigenvalue weighted by Crippen LogP contribution is -2.33. The highest BCUT2D eigenvalue weighted by atomic mass is 33.1. The normalized spacial score (nSPS) is 26.5. The van der Waals surface area contributed by atoms with Gasteiger partial charge in [0.15, 0.2) is 9.84 Å². The van der Waals surface area contributed by atoms with Gasteiger partial charge in [-0.15, -0.1) is 11.3 Å². The van der Waals surface area contributed by atoms with Crippen LogP contribution in [0.25, 0.3) is 0 Å². The second-order valence-corrected chi connectivity index (χ2v) is 12.7. The average molecular weight is 420 g/mol. The monoisotopic (exact) mass is 419 g/mol.